The maximum absolute atomic E-state index is 12.5. The highest BCUT2D eigenvalue weighted by molar-refractivity contribution is 5.95. The van der Waals surface area contributed by atoms with Gasteiger partial charge in [-0.15, -0.1) is 0 Å². The monoisotopic (exact) mass is 393 g/mol. The Labute approximate surface area is 171 Å². The quantitative estimate of drug-likeness (QED) is 0.788. The zero-order chi connectivity index (χ0) is 20.2. The van der Waals surface area contributed by atoms with Gasteiger partial charge in [0.2, 0.25) is 11.8 Å². The molecule has 0 radical (unpaired) electrons. The smallest absolute Gasteiger partial charge is 0.228 e. The van der Waals surface area contributed by atoms with Crippen LogP contribution < -0.4 is 10.6 Å². The zero-order valence-electron chi connectivity index (χ0n) is 16.6. The SMILES string of the molecule is C[C@H](NC(=O)C1CCOCC1)c1ccc(NC(=O)[C@H]2C[C@@H]2c2cccnc2)cc1. The van der Waals surface area contributed by atoms with E-state index in [1.54, 1.807) is 6.20 Å². The van der Waals surface area contributed by atoms with Crippen LogP contribution in [0.3, 0.4) is 0 Å². The Morgan fingerprint density at radius 3 is 2.55 bits per heavy atom. The van der Waals surface area contributed by atoms with Gasteiger partial charge in [0.15, 0.2) is 0 Å². The Hall–Kier alpha value is -2.73. The van der Waals surface area contributed by atoms with Gasteiger partial charge in [-0.25, -0.2) is 0 Å². The number of hydrogen-bond acceptors (Lipinski definition) is 4. The van der Waals surface area contributed by atoms with Crippen molar-refractivity contribution in [3.63, 3.8) is 0 Å². The molecule has 0 unspecified atom stereocenters. The van der Waals surface area contributed by atoms with Crippen molar-refractivity contribution in [2.75, 3.05) is 18.5 Å². The van der Waals surface area contributed by atoms with Gasteiger partial charge in [0.05, 0.1) is 6.04 Å². The van der Waals surface area contributed by atoms with Crippen LogP contribution >= 0.6 is 0 Å². The first-order valence-electron chi connectivity index (χ1n) is 10.3. The molecule has 2 heterocycles. The number of anilines is 1. The third-order valence-electron chi connectivity index (χ3n) is 5.87. The molecule has 2 aromatic rings. The van der Waals surface area contributed by atoms with E-state index < -0.39 is 0 Å². The van der Waals surface area contributed by atoms with Gasteiger partial charge in [-0.05, 0) is 61.4 Å². The maximum atomic E-state index is 12.5. The number of nitrogens with zero attached hydrogens (tertiary/aromatic N) is 1. The van der Waals surface area contributed by atoms with Crippen molar-refractivity contribution in [2.24, 2.45) is 11.8 Å². The summed E-state index contributed by atoms with van der Waals surface area (Å²) < 4.78 is 5.32. The second-order valence-corrected chi connectivity index (χ2v) is 7.96. The number of aromatic nitrogens is 1. The number of hydrogen-bond donors (Lipinski definition) is 2. The molecule has 152 valence electrons. The third kappa shape index (κ3) is 4.82. The van der Waals surface area contributed by atoms with Crippen LogP contribution in [0.4, 0.5) is 5.69 Å². The predicted molar refractivity (Wildman–Crippen MR) is 110 cm³/mol. The normalized spacial score (nSPS) is 22.5. The number of benzene rings is 1. The second kappa shape index (κ2) is 8.74. The molecule has 1 saturated carbocycles. The van der Waals surface area contributed by atoms with Gasteiger partial charge in [0.1, 0.15) is 0 Å². The van der Waals surface area contributed by atoms with Gasteiger partial charge < -0.3 is 15.4 Å². The molecule has 0 spiro atoms. The van der Waals surface area contributed by atoms with Crippen molar-refractivity contribution in [3.05, 3.63) is 59.9 Å². The van der Waals surface area contributed by atoms with Crippen molar-refractivity contribution in [1.29, 1.82) is 0 Å². The van der Waals surface area contributed by atoms with E-state index in [1.807, 2.05) is 49.5 Å². The summed E-state index contributed by atoms with van der Waals surface area (Å²) in [4.78, 5) is 29.0. The molecule has 1 aromatic carbocycles. The van der Waals surface area contributed by atoms with Crippen LogP contribution in [0.5, 0.6) is 0 Å². The fourth-order valence-corrected chi connectivity index (χ4v) is 3.91. The maximum Gasteiger partial charge on any atom is 0.228 e. The lowest BCUT2D eigenvalue weighted by atomic mass is 9.98. The Morgan fingerprint density at radius 1 is 1.10 bits per heavy atom. The molecular weight excluding hydrogens is 366 g/mol. The molecule has 2 amide bonds. The van der Waals surface area contributed by atoms with Gasteiger partial charge >= 0.3 is 0 Å². The van der Waals surface area contributed by atoms with E-state index >= 15 is 0 Å². The standard InChI is InChI=1S/C23H27N3O3/c1-15(25-22(27)17-8-11-29-12-9-17)16-4-6-19(7-5-16)26-23(28)21-13-20(21)18-3-2-10-24-14-18/h2-7,10,14-15,17,20-21H,8-9,11-13H2,1H3,(H,25,27)(H,26,28)/t15-,20+,21-/m0/s1. The van der Waals surface area contributed by atoms with Crippen LogP contribution in [0.25, 0.3) is 0 Å². The highest BCUT2D eigenvalue weighted by Crippen LogP contribution is 2.47. The van der Waals surface area contributed by atoms with Crippen LogP contribution in [0.2, 0.25) is 0 Å². The highest BCUT2D eigenvalue weighted by atomic mass is 16.5. The Balaban J connectivity index is 1.28. The summed E-state index contributed by atoms with van der Waals surface area (Å²) in [5.41, 5.74) is 2.92. The predicted octanol–water partition coefficient (Wildman–Crippen LogP) is 3.43. The summed E-state index contributed by atoms with van der Waals surface area (Å²) in [6.45, 7) is 3.29. The van der Waals surface area contributed by atoms with Gasteiger partial charge in [0.25, 0.3) is 0 Å². The minimum atomic E-state index is -0.0755. The van der Waals surface area contributed by atoms with Gasteiger partial charge in [-0.3, -0.25) is 14.6 Å². The molecule has 1 aliphatic heterocycles. The van der Waals surface area contributed by atoms with Crippen LogP contribution in [0.15, 0.2) is 48.8 Å². The summed E-state index contributed by atoms with van der Waals surface area (Å²) in [6.07, 6.45) is 6.01. The summed E-state index contributed by atoms with van der Waals surface area (Å²) in [7, 11) is 0. The van der Waals surface area contributed by atoms with Gasteiger partial charge in [-0.1, -0.05) is 18.2 Å². The molecule has 0 bridgehead atoms. The van der Waals surface area contributed by atoms with E-state index in [-0.39, 0.29) is 35.6 Å². The van der Waals surface area contributed by atoms with Crippen LogP contribution in [0.1, 0.15) is 49.3 Å². The minimum absolute atomic E-state index is 0.0107. The largest absolute Gasteiger partial charge is 0.381 e. The number of pyridine rings is 1. The van der Waals surface area contributed by atoms with E-state index in [0.717, 1.165) is 36.1 Å². The zero-order valence-corrected chi connectivity index (χ0v) is 16.6. The van der Waals surface area contributed by atoms with E-state index in [9.17, 15) is 9.59 Å². The summed E-state index contributed by atoms with van der Waals surface area (Å²) in [6, 6.07) is 11.6. The van der Waals surface area contributed by atoms with E-state index in [4.69, 9.17) is 4.74 Å². The minimum Gasteiger partial charge on any atom is -0.381 e. The molecule has 2 fully saturated rings. The van der Waals surface area contributed by atoms with E-state index in [0.29, 0.717) is 13.2 Å². The third-order valence-corrected chi connectivity index (χ3v) is 5.87. The van der Waals surface area contributed by atoms with E-state index in [2.05, 4.69) is 15.6 Å². The van der Waals surface area contributed by atoms with Crippen molar-refractivity contribution in [3.8, 4) is 0 Å². The molecule has 29 heavy (non-hydrogen) atoms. The number of nitrogens with one attached hydrogen (secondary N) is 2. The number of ether oxygens (including phenoxy) is 1. The summed E-state index contributed by atoms with van der Waals surface area (Å²) >= 11 is 0. The fraction of sp³-hybridized carbons (Fsp3) is 0.435. The van der Waals surface area contributed by atoms with Crippen molar-refractivity contribution in [2.45, 2.75) is 38.1 Å². The van der Waals surface area contributed by atoms with Crippen molar-refractivity contribution in [1.82, 2.24) is 10.3 Å². The number of amides is 2. The average molecular weight is 393 g/mol. The molecule has 2 N–H and O–H groups in total. The Kier molecular flexibility index (Phi) is 5.90. The molecule has 2 aliphatic rings. The van der Waals surface area contributed by atoms with Crippen molar-refractivity contribution >= 4 is 17.5 Å². The Morgan fingerprint density at radius 2 is 1.86 bits per heavy atom. The summed E-state index contributed by atoms with van der Waals surface area (Å²) in [5, 5.41) is 6.09. The van der Waals surface area contributed by atoms with E-state index in [1.165, 1.54) is 0 Å². The Bertz CT molecular complexity index is 847. The number of carbonyl (C=O) groups is 2. The lowest BCUT2D eigenvalue weighted by Gasteiger charge is -2.23. The fourth-order valence-electron chi connectivity index (χ4n) is 3.91. The van der Waals surface area contributed by atoms with Crippen molar-refractivity contribution < 1.29 is 14.3 Å². The molecule has 1 aromatic heterocycles. The molecule has 1 aliphatic carbocycles. The molecular formula is C23H27N3O3. The van der Waals surface area contributed by atoms with Crippen LogP contribution in [0, 0.1) is 11.8 Å². The highest BCUT2D eigenvalue weighted by Gasteiger charge is 2.44. The lowest BCUT2D eigenvalue weighted by molar-refractivity contribution is -0.128. The summed E-state index contributed by atoms with van der Waals surface area (Å²) in [5.74, 6) is 0.455. The van der Waals surface area contributed by atoms with Gasteiger partial charge in [-0.2, -0.15) is 0 Å². The first kappa shape index (κ1) is 19.6. The topological polar surface area (TPSA) is 80.3 Å². The van der Waals surface area contributed by atoms with Crippen LogP contribution in [-0.2, 0) is 14.3 Å². The second-order valence-electron chi connectivity index (χ2n) is 7.96. The first-order chi connectivity index (χ1) is 14.1. The average Bonchev–Trinajstić information content (AvgIpc) is 3.57. The van der Waals surface area contributed by atoms with Crippen LogP contribution in [-0.4, -0.2) is 30.0 Å². The molecule has 4 rings (SSSR count). The van der Waals surface area contributed by atoms with Gasteiger partial charge in [0, 0.05) is 43.1 Å². The number of carbonyl (C=O) groups excluding carboxylic acids is 2. The molecule has 6 heteroatoms. The molecule has 1 saturated heterocycles. The number of rotatable bonds is 6. The molecule has 3 atom stereocenters. The first-order valence-corrected chi connectivity index (χ1v) is 10.3. The molecule has 6 nitrogen and oxygen atoms in total. The lowest BCUT2D eigenvalue weighted by Crippen LogP contribution is -2.35.